The summed E-state index contributed by atoms with van der Waals surface area (Å²) in [6.45, 7) is 3.68. The molecular weight excluding hydrogens is 445 g/mol. The molecule has 0 unspecified atom stereocenters. The van der Waals surface area contributed by atoms with E-state index >= 15 is 0 Å². The summed E-state index contributed by atoms with van der Waals surface area (Å²) in [5, 5.41) is 18.1. The summed E-state index contributed by atoms with van der Waals surface area (Å²) >= 11 is 0. The molecule has 172 valence electrons. The van der Waals surface area contributed by atoms with Crippen LogP contribution in [0.4, 0.5) is 13.2 Å². The molecule has 0 atom stereocenters. The Bertz CT molecular complexity index is 1310. The van der Waals surface area contributed by atoms with Gasteiger partial charge in [0.15, 0.2) is 11.6 Å². The van der Waals surface area contributed by atoms with Crippen molar-refractivity contribution in [3.05, 3.63) is 82.7 Å². The van der Waals surface area contributed by atoms with Crippen molar-refractivity contribution in [1.29, 1.82) is 10.5 Å². The van der Waals surface area contributed by atoms with Crippen LogP contribution >= 0.6 is 0 Å². The molecule has 0 spiro atoms. The molecule has 5 nitrogen and oxygen atoms in total. The van der Waals surface area contributed by atoms with Gasteiger partial charge in [0.2, 0.25) is 11.6 Å². The van der Waals surface area contributed by atoms with E-state index in [2.05, 4.69) is 0 Å². The van der Waals surface area contributed by atoms with E-state index in [4.69, 9.17) is 20.0 Å². The molecule has 3 rings (SSSR count). The van der Waals surface area contributed by atoms with E-state index in [1.807, 2.05) is 19.9 Å². The van der Waals surface area contributed by atoms with Gasteiger partial charge >= 0.3 is 5.97 Å². The second-order valence-corrected chi connectivity index (χ2v) is 7.27. The SMILES string of the molecule is CCC(CC)OC(=O)c1cc(-c2ccccc2)ccc1Oc1c(F)c(F)c(C#N)c(C#N)c1F. The molecule has 34 heavy (non-hydrogen) atoms. The summed E-state index contributed by atoms with van der Waals surface area (Å²) in [5.74, 6) is -7.41. The highest BCUT2D eigenvalue weighted by molar-refractivity contribution is 5.94. The number of nitriles is 2. The highest BCUT2D eigenvalue weighted by atomic mass is 19.2. The Morgan fingerprint density at radius 3 is 2.09 bits per heavy atom. The maximum Gasteiger partial charge on any atom is 0.342 e. The summed E-state index contributed by atoms with van der Waals surface area (Å²) in [4.78, 5) is 13.0. The van der Waals surface area contributed by atoms with Crippen LogP contribution in [0, 0.1) is 40.1 Å². The van der Waals surface area contributed by atoms with E-state index in [0.717, 1.165) is 5.56 Å². The van der Waals surface area contributed by atoms with Crippen molar-refractivity contribution >= 4 is 5.97 Å². The average Bonchev–Trinajstić information content (AvgIpc) is 2.87. The van der Waals surface area contributed by atoms with Gasteiger partial charge in [-0.3, -0.25) is 0 Å². The van der Waals surface area contributed by atoms with Gasteiger partial charge in [0.1, 0.15) is 40.7 Å². The van der Waals surface area contributed by atoms with Gasteiger partial charge < -0.3 is 9.47 Å². The molecule has 3 aromatic rings. The van der Waals surface area contributed by atoms with Crippen LogP contribution in [-0.4, -0.2) is 12.1 Å². The van der Waals surface area contributed by atoms with Crippen LogP contribution in [0.2, 0.25) is 0 Å². The Kier molecular flexibility index (Phi) is 7.55. The molecule has 0 heterocycles. The fourth-order valence-electron chi connectivity index (χ4n) is 3.31. The predicted molar refractivity (Wildman–Crippen MR) is 117 cm³/mol. The van der Waals surface area contributed by atoms with Crippen LogP contribution in [0.25, 0.3) is 11.1 Å². The number of ether oxygens (including phenoxy) is 2. The summed E-state index contributed by atoms with van der Waals surface area (Å²) < 4.78 is 54.5. The van der Waals surface area contributed by atoms with Crippen molar-refractivity contribution in [2.75, 3.05) is 0 Å². The van der Waals surface area contributed by atoms with Crippen LogP contribution in [0.1, 0.15) is 48.2 Å². The van der Waals surface area contributed by atoms with Gasteiger partial charge in [0, 0.05) is 0 Å². The smallest absolute Gasteiger partial charge is 0.342 e. The predicted octanol–water partition coefficient (Wildman–Crippen LogP) is 6.65. The molecule has 0 aliphatic heterocycles. The van der Waals surface area contributed by atoms with Crippen LogP contribution in [0.5, 0.6) is 11.5 Å². The Morgan fingerprint density at radius 1 is 0.882 bits per heavy atom. The van der Waals surface area contributed by atoms with Gasteiger partial charge in [-0.1, -0.05) is 50.2 Å². The molecule has 0 amide bonds. The summed E-state index contributed by atoms with van der Waals surface area (Å²) in [6.07, 6.45) is 0.700. The van der Waals surface area contributed by atoms with Crippen molar-refractivity contribution in [2.45, 2.75) is 32.8 Å². The summed E-state index contributed by atoms with van der Waals surface area (Å²) in [6, 6.07) is 15.9. The maximum atomic E-state index is 14.8. The first-order valence-corrected chi connectivity index (χ1v) is 10.4. The minimum atomic E-state index is -1.79. The number of nitrogens with zero attached hydrogens (tertiary/aromatic N) is 2. The van der Waals surface area contributed by atoms with E-state index in [0.29, 0.717) is 18.4 Å². The van der Waals surface area contributed by atoms with E-state index in [1.54, 1.807) is 30.3 Å². The molecule has 0 aliphatic rings. The fraction of sp³-hybridized carbons (Fsp3) is 0.192. The minimum absolute atomic E-state index is 0.143. The van der Waals surface area contributed by atoms with Crippen LogP contribution in [0.15, 0.2) is 48.5 Å². The fourth-order valence-corrected chi connectivity index (χ4v) is 3.31. The number of halogens is 3. The first-order valence-electron chi connectivity index (χ1n) is 10.4. The lowest BCUT2D eigenvalue weighted by atomic mass is 10.0. The second-order valence-electron chi connectivity index (χ2n) is 7.27. The van der Waals surface area contributed by atoms with E-state index in [9.17, 15) is 18.0 Å². The number of carbonyl (C=O) groups is 1. The first kappa shape index (κ1) is 24.3. The third kappa shape index (κ3) is 4.72. The van der Waals surface area contributed by atoms with Crippen LogP contribution < -0.4 is 4.74 Å². The topological polar surface area (TPSA) is 83.1 Å². The highest BCUT2D eigenvalue weighted by Crippen LogP contribution is 2.36. The zero-order valence-electron chi connectivity index (χ0n) is 18.4. The van der Waals surface area contributed by atoms with Crippen molar-refractivity contribution < 1.29 is 27.4 Å². The number of rotatable bonds is 7. The van der Waals surface area contributed by atoms with E-state index in [1.165, 1.54) is 24.3 Å². The number of carbonyl (C=O) groups excluding carboxylic acids is 1. The lowest BCUT2D eigenvalue weighted by Gasteiger charge is -2.18. The Labute approximate surface area is 194 Å². The average molecular weight is 464 g/mol. The minimum Gasteiger partial charge on any atom is -0.459 e. The zero-order chi connectivity index (χ0) is 24.8. The monoisotopic (exact) mass is 464 g/mol. The van der Waals surface area contributed by atoms with E-state index in [-0.39, 0.29) is 11.3 Å². The van der Waals surface area contributed by atoms with Gasteiger partial charge in [-0.15, -0.1) is 0 Å². The summed E-state index contributed by atoms with van der Waals surface area (Å²) in [5.41, 5.74) is -0.847. The lowest BCUT2D eigenvalue weighted by Crippen LogP contribution is -2.17. The summed E-state index contributed by atoms with van der Waals surface area (Å²) in [7, 11) is 0. The third-order valence-corrected chi connectivity index (χ3v) is 5.21. The normalized spacial score (nSPS) is 10.5. The lowest BCUT2D eigenvalue weighted by molar-refractivity contribution is 0.0281. The molecule has 0 bridgehead atoms. The molecule has 8 heteroatoms. The Hall–Kier alpha value is -4.30. The molecule has 0 aromatic heterocycles. The molecule has 0 N–H and O–H groups in total. The Morgan fingerprint density at radius 2 is 1.50 bits per heavy atom. The molecule has 0 saturated heterocycles. The zero-order valence-corrected chi connectivity index (χ0v) is 18.4. The van der Waals surface area contributed by atoms with Gasteiger partial charge in [0.25, 0.3) is 0 Å². The van der Waals surface area contributed by atoms with Crippen molar-refractivity contribution in [2.24, 2.45) is 0 Å². The van der Waals surface area contributed by atoms with Gasteiger partial charge in [0.05, 0.1) is 0 Å². The molecular formula is C26H19F3N2O3. The third-order valence-electron chi connectivity index (χ3n) is 5.21. The van der Waals surface area contributed by atoms with Crippen molar-refractivity contribution in [3.63, 3.8) is 0 Å². The van der Waals surface area contributed by atoms with Gasteiger partial charge in [-0.05, 0) is 36.1 Å². The van der Waals surface area contributed by atoms with Gasteiger partial charge in [-0.2, -0.15) is 14.9 Å². The van der Waals surface area contributed by atoms with Crippen LogP contribution in [-0.2, 0) is 4.74 Å². The Balaban J connectivity index is 2.15. The molecule has 0 fully saturated rings. The number of benzene rings is 3. The van der Waals surface area contributed by atoms with Crippen molar-refractivity contribution in [1.82, 2.24) is 0 Å². The maximum absolute atomic E-state index is 14.8. The number of esters is 1. The van der Waals surface area contributed by atoms with Gasteiger partial charge in [-0.25, -0.2) is 13.6 Å². The molecule has 0 saturated carbocycles. The number of hydrogen-bond acceptors (Lipinski definition) is 5. The standard InChI is InChI=1S/C26H19F3N2O3/c1-3-17(4-2)33-26(32)18-12-16(15-8-6-5-7-9-15)10-11-21(18)34-25-23(28)20(14-31)19(13-30)22(27)24(25)29/h5-12,17H,3-4H2,1-2H3. The number of hydrogen-bond donors (Lipinski definition) is 0. The first-order chi connectivity index (χ1) is 16.4. The molecule has 0 radical (unpaired) electrons. The molecule has 0 aliphatic carbocycles. The second kappa shape index (κ2) is 10.5. The molecule has 3 aromatic carbocycles. The largest absolute Gasteiger partial charge is 0.459 e. The van der Waals surface area contributed by atoms with Crippen molar-refractivity contribution in [3.8, 4) is 34.8 Å². The van der Waals surface area contributed by atoms with E-state index < -0.39 is 46.4 Å². The quantitative estimate of drug-likeness (QED) is 0.289. The highest BCUT2D eigenvalue weighted by Gasteiger charge is 2.28. The van der Waals surface area contributed by atoms with Crippen LogP contribution in [0.3, 0.4) is 0 Å².